The fraction of sp³-hybridized carbons (Fsp3) is 0.143. The molecule has 0 fully saturated rings. The van der Waals surface area contributed by atoms with Crippen LogP contribution >= 0.6 is 34.2 Å². The Morgan fingerprint density at radius 1 is 0.500 bits per heavy atom. The van der Waals surface area contributed by atoms with E-state index in [9.17, 15) is 0 Å². The number of methoxy groups -OCH3 is 2. The zero-order valence-electron chi connectivity index (χ0n) is 19.9. The van der Waals surface area contributed by atoms with Crippen molar-refractivity contribution in [3.8, 4) is 11.5 Å². The van der Waals surface area contributed by atoms with E-state index in [2.05, 4.69) is 115 Å². The van der Waals surface area contributed by atoms with Gasteiger partial charge >= 0.3 is 58.4 Å². The van der Waals surface area contributed by atoms with E-state index in [1.54, 1.807) is 54.2 Å². The van der Waals surface area contributed by atoms with Gasteiger partial charge in [0.1, 0.15) is 11.5 Å². The average Bonchev–Trinajstić information content (AvgIpc) is 2.98. The third-order valence-corrected chi connectivity index (χ3v) is 10.9. The van der Waals surface area contributed by atoms with E-state index in [1.807, 2.05) is 12.1 Å². The Labute approximate surface area is 250 Å². The van der Waals surface area contributed by atoms with Crippen molar-refractivity contribution in [2.45, 2.75) is 0 Å². The Bertz CT molecular complexity index is 1050. The molecule has 0 aliphatic rings. The molecule has 0 bridgehead atoms. The number of halogens is 2. The number of ether oxygens (including phenoxy) is 2. The number of hydrogen-bond donors (Lipinski definition) is 0. The van der Waals surface area contributed by atoms with E-state index in [1.165, 1.54) is 21.2 Å². The van der Waals surface area contributed by atoms with E-state index in [0.29, 0.717) is 0 Å². The van der Waals surface area contributed by atoms with Gasteiger partial charge in [-0.15, -0.1) is 0 Å². The zero-order valence-corrected chi connectivity index (χ0v) is 27.5. The second-order valence-electron chi connectivity index (χ2n) is 7.32. The van der Waals surface area contributed by atoms with Crippen LogP contribution in [0.1, 0.15) is 0 Å². The SMILES string of the molecule is COc1ccccc1[P@@](CC[P@@](c1ccccc1)c1ccccc1OC)c1ccccc1.[Cl][Au].[Cl][Au]. The number of para-hydroxylation sites is 2. The van der Waals surface area contributed by atoms with Gasteiger partial charge in [-0.25, -0.2) is 0 Å². The Hall–Kier alpha value is -0.599. The molecule has 36 heavy (non-hydrogen) atoms. The Balaban J connectivity index is 0.00000109. The summed E-state index contributed by atoms with van der Waals surface area (Å²) in [5.41, 5.74) is 0. The fourth-order valence-electron chi connectivity index (χ4n) is 3.90. The van der Waals surface area contributed by atoms with Gasteiger partial charge in [0.05, 0.1) is 14.2 Å². The molecule has 0 unspecified atom stereocenters. The molecule has 0 spiro atoms. The first kappa shape index (κ1) is 31.6. The van der Waals surface area contributed by atoms with Crippen LogP contribution in [-0.2, 0) is 40.0 Å². The molecule has 2 atom stereocenters. The molecule has 0 aromatic heterocycles. The molecule has 4 aromatic carbocycles. The quantitative estimate of drug-likeness (QED) is 0.139. The van der Waals surface area contributed by atoms with Crippen molar-refractivity contribution < 1.29 is 49.4 Å². The summed E-state index contributed by atoms with van der Waals surface area (Å²) >= 11 is 3.50. The molecule has 198 valence electrons. The summed E-state index contributed by atoms with van der Waals surface area (Å²) in [5, 5.41) is 5.38. The maximum atomic E-state index is 5.76. The van der Waals surface area contributed by atoms with Crippen LogP contribution in [0.2, 0.25) is 0 Å². The molecule has 4 aromatic rings. The van der Waals surface area contributed by atoms with Gasteiger partial charge in [-0.1, -0.05) is 97.1 Å². The molecular weight excluding hydrogens is 895 g/mol. The normalized spacial score (nSPS) is 11.7. The Kier molecular flexibility index (Phi) is 16.4. The van der Waals surface area contributed by atoms with E-state index >= 15 is 0 Å². The molecule has 4 rings (SSSR count). The minimum absolute atomic E-state index is 0.554. The maximum absolute atomic E-state index is 5.76. The van der Waals surface area contributed by atoms with Crippen molar-refractivity contribution in [3.63, 3.8) is 0 Å². The minimum atomic E-state index is -0.554. The molecule has 0 amide bonds. The van der Waals surface area contributed by atoms with E-state index in [4.69, 9.17) is 9.47 Å². The van der Waals surface area contributed by atoms with Crippen molar-refractivity contribution in [1.82, 2.24) is 0 Å². The van der Waals surface area contributed by atoms with Crippen LogP contribution in [0.25, 0.3) is 0 Å². The molecule has 0 saturated carbocycles. The monoisotopic (exact) mass is 922 g/mol. The second kappa shape index (κ2) is 18.6. The molecule has 0 radical (unpaired) electrons. The molecule has 0 heterocycles. The van der Waals surface area contributed by atoms with E-state index in [-0.39, 0.29) is 0 Å². The zero-order chi connectivity index (χ0) is 26.2. The molecule has 0 N–H and O–H groups in total. The van der Waals surface area contributed by atoms with Gasteiger partial charge in [-0.2, -0.15) is 0 Å². The van der Waals surface area contributed by atoms with Crippen LogP contribution in [0.15, 0.2) is 109 Å². The standard InChI is InChI=1S/C28H28O2P2.2Au.2ClH/c1-29-25-17-9-11-19-27(25)31(23-13-5-3-6-14-23)21-22-32(24-15-7-4-8-16-24)28-20-12-10-18-26(28)30-2;;;;/h3-20H,21-22H2,1-2H3;;;2*1H/q;2*+1;;/p-2/t31-,32-;;;;/m0..../s1. The van der Waals surface area contributed by atoms with Gasteiger partial charge in [0.2, 0.25) is 0 Å². The van der Waals surface area contributed by atoms with Crippen molar-refractivity contribution in [1.29, 1.82) is 0 Å². The molecule has 0 aliphatic carbocycles. The molecular formula is C28H28Au2Cl2O2P2. The number of hydrogen-bond acceptors (Lipinski definition) is 2. The van der Waals surface area contributed by atoms with E-state index in [0.717, 1.165) is 23.8 Å². The summed E-state index contributed by atoms with van der Waals surface area (Å²) in [5.74, 6) is 1.95. The summed E-state index contributed by atoms with van der Waals surface area (Å²) < 4.78 is 11.5. The Morgan fingerprint density at radius 2 is 0.806 bits per heavy atom. The third-order valence-electron chi connectivity index (χ3n) is 5.43. The molecule has 8 heteroatoms. The van der Waals surface area contributed by atoms with Gasteiger partial charge in [0.25, 0.3) is 0 Å². The summed E-state index contributed by atoms with van der Waals surface area (Å²) in [7, 11) is 11.6. The second-order valence-corrected chi connectivity index (χ2v) is 11.9. The van der Waals surface area contributed by atoms with Crippen LogP contribution in [0.3, 0.4) is 0 Å². The number of benzene rings is 4. The van der Waals surface area contributed by atoms with Gasteiger partial charge in [-0.05, 0) is 50.9 Å². The van der Waals surface area contributed by atoms with Gasteiger partial charge in [0.15, 0.2) is 0 Å². The number of rotatable bonds is 9. The predicted molar refractivity (Wildman–Crippen MR) is 153 cm³/mol. The topological polar surface area (TPSA) is 18.5 Å². The fourth-order valence-corrected chi connectivity index (χ4v) is 9.51. The van der Waals surface area contributed by atoms with E-state index < -0.39 is 15.8 Å². The first-order valence-electron chi connectivity index (χ1n) is 11.0. The average molecular weight is 923 g/mol. The summed E-state index contributed by atoms with van der Waals surface area (Å²) in [6, 6.07) is 38.7. The van der Waals surface area contributed by atoms with Crippen LogP contribution in [0.5, 0.6) is 11.5 Å². The summed E-state index contributed by atoms with van der Waals surface area (Å²) in [6.07, 6.45) is 2.16. The van der Waals surface area contributed by atoms with Gasteiger partial charge in [-0.3, -0.25) is 0 Å². The van der Waals surface area contributed by atoms with Gasteiger partial charge < -0.3 is 9.47 Å². The van der Waals surface area contributed by atoms with Crippen molar-refractivity contribution >= 4 is 55.4 Å². The van der Waals surface area contributed by atoms with Crippen LogP contribution in [-0.4, -0.2) is 26.5 Å². The molecule has 0 saturated heterocycles. The van der Waals surface area contributed by atoms with Crippen molar-refractivity contribution in [2.24, 2.45) is 0 Å². The third kappa shape index (κ3) is 9.00. The summed E-state index contributed by atoms with van der Waals surface area (Å²) in [6.45, 7) is 0. The van der Waals surface area contributed by atoms with Crippen LogP contribution < -0.4 is 30.7 Å². The predicted octanol–water partition coefficient (Wildman–Crippen LogP) is 6.64. The molecule has 2 nitrogen and oxygen atoms in total. The van der Waals surface area contributed by atoms with Crippen molar-refractivity contribution in [3.05, 3.63) is 109 Å². The van der Waals surface area contributed by atoms with Crippen molar-refractivity contribution in [2.75, 3.05) is 26.5 Å². The van der Waals surface area contributed by atoms with Crippen LogP contribution in [0.4, 0.5) is 0 Å². The Morgan fingerprint density at radius 3 is 1.14 bits per heavy atom. The van der Waals surface area contributed by atoms with Gasteiger partial charge in [0, 0.05) is 10.6 Å². The first-order chi connectivity index (χ1) is 17.8. The molecule has 0 aliphatic heterocycles. The van der Waals surface area contributed by atoms with Crippen LogP contribution in [0, 0.1) is 0 Å². The first-order valence-corrected chi connectivity index (χ1v) is 19.4. The summed E-state index contributed by atoms with van der Waals surface area (Å²) in [4.78, 5) is 0.